The molecule has 0 unspecified atom stereocenters. The van der Waals surface area contributed by atoms with Crippen LogP contribution in [0.1, 0.15) is 10.4 Å². The second-order valence-electron chi connectivity index (χ2n) is 3.89. The van der Waals surface area contributed by atoms with Crippen LogP contribution >= 0.6 is 11.6 Å². The van der Waals surface area contributed by atoms with E-state index in [2.05, 4.69) is 5.32 Å². The molecule has 1 heterocycles. The van der Waals surface area contributed by atoms with E-state index < -0.39 is 26.4 Å². The number of alkyl halides is 2. The molecule has 0 aliphatic heterocycles. The second-order valence-corrected chi connectivity index (χ2v) is 6.15. The fraction of sp³-hybridized carbons (Fsp3) is 0.0833. The maximum Gasteiger partial charge on any atom is 0.341 e. The number of rotatable bonds is 4. The molecule has 1 N–H and O–H groups in total. The Bertz CT molecular complexity index is 756. The van der Waals surface area contributed by atoms with Crippen molar-refractivity contribution in [1.29, 1.82) is 0 Å². The molecular weight excluding hydrogens is 328 g/mol. The van der Waals surface area contributed by atoms with Crippen molar-refractivity contribution in [3.05, 3.63) is 47.4 Å². The molecule has 0 atom stereocenters. The zero-order valence-electron chi connectivity index (χ0n) is 10.2. The first-order chi connectivity index (χ1) is 9.82. The number of carbonyl (C=O) groups is 1. The van der Waals surface area contributed by atoms with Crippen LogP contribution in [0, 0.1) is 0 Å². The number of carbonyl (C=O) groups excluding carboxylic acids is 1. The summed E-state index contributed by atoms with van der Waals surface area (Å²) in [4.78, 5) is 11.3. The van der Waals surface area contributed by atoms with Crippen molar-refractivity contribution in [3.8, 4) is 0 Å². The van der Waals surface area contributed by atoms with Crippen LogP contribution in [0.25, 0.3) is 0 Å². The molecule has 9 heteroatoms. The standard InChI is InChI=1S/C12H8ClF2NO4S/c13-10-9(5-6-20-10)11(17)16-7-1-3-8(4-2-7)21(18,19)12(14)15/h1-6,12H,(H,16,17). The van der Waals surface area contributed by atoms with Gasteiger partial charge in [-0.15, -0.1) is 0 Å². The highest BCUT2D eigenvalue weighted by molar-refractivity contribution is 7.91. The average Bonchev–Trinajstić information content (AvgIpc) is 2.85. The summed E-state index contributed by atoms with van der Waals surface area (Å²) >= 11 is 5.63. The van der Waals surface area contributed by atoms with Crippen molar-refractivity contribution in [2.24, 2.45) is 0 Å². The molecule has 1 amide bonds. The van der Waals surface area contributed by atoms with Gasteiger partial charge in [-0.05, 0) is 41.9 Å². The lowest BCUT2D eigenvalue weighted by Crippen LogP contribution is -2.13. The number of benzene rings is 1. The Labute approximate surface area is 123 Å². The number of anilines is 1. The zero-order chi connectivity index (χ0) is 15.6. The Balaban J connectivity index is 2.17. The molecule has 0 fully saturated rings. The van der Waals surface area contributed by atoms with E-state index >= 15 is 0 Å². The lowest BCUT2D eigenvalue weighted by molar-refractivity contribution is 0.102. The number of sulfone groups is 1. The maximum atomic E-state index is 12.4. The van der Waals surface area contributed by atoms with Gasteiger partial charge in [-0.3, -0.25) is 4.79 Å². The van der Waals surface area contributed by atoms with Crippen LogP contribution in [0.2, 0.25) is 5.22 Å². The number of hydrogen-bond acceptors (Lipinski definition) is 4. The van der Waals surface area contributed by atoms with Crippen molar-refractivity contribution >= 4 is 33.0 Å². The molecule has 0 aliphatic rings. The van der Waals surface area contributed by atoms with Gasteiger partial charge in [0.25, 0.3) is 5.91 Å². The minimum absolute atomic E-state index is 0.0931. The van der Waals surface area contributed by atoms with Crippen LogP contribution in [0.4, 0.5) is 14.5 Å². The molecule has 0 spiro atoms. The number of hydrogen-bond donors (Lipinski definition) is 1. The molecule has 21 heavy (non-hydrogen) atoms. The zero-order valence-corrected chi connectivity index (χ0v) is 11.8. The van der Waals surface area contributed by atoms with Crippen LogP contribution < -0.4 is 5.32 Å². The summed E-state index contributed by atoms with van der Waals surface area (Å²) in [5, 5.41) is 2.33. The Morgan fingerprint density at radius 1 is 1.19 bits per heavy atom. The molecule has 0 radical (unpaired) electrons. The van der Waals surface area contributed by atoms with Crippen LogP contribution in [-0.2, 0) is 9.84 Å². The third-order valence-electron chi connectivity index (χ3n) is 2.54. The summed E-state index contributed by atoms with van der Waals surface area (Å²) in [6.07, 6.45) is 1.23. The SMILES string of the molecule is O=C(Nc1ccc(S(=O)(=O)C(F)F)cc1)c1ccoc1Cl. The van der Waals surface area contributed by atoms with E-state index in [1.807, 2.05) is 0 Å². The number of halogens is 3. The molecular formula is C12H8ClF2NO4S. The van der Waals surface area contributed by atoms with Crippen molar-refractivity contribution < 1.29 is 26.4 Å². The number of nitrogens with one attached hydrogen (secondary N) is 1. The Morgan fingerprint density at radius 2 is 1.81 bits per heavy atom. The van der Waals surface area contributed by atoms with Gasteiger partial charge in [0.15, 0.2) is 0 Å². The summed E-state index contributed by atoms with van der Waals surface area (Å²) in [6, 6.07) is 5.71. The van der Waals surface area contributed by atoms with Gasteiger partial charge in [-0.2, -0.15) is 8.78 Å². The highest BCUT2D eigenvalue weighted by atomic mass is 35.5. The molecule has 1 aromatic carbocycles. The van der Waals surface area contributed by atoms with Gasteiger partial charge in [0.05, 0.1) is 16.7 Å². The van der Waals surface area contributed by atoms with Gasteiger partial charge in [0.2, 0.25) is 15.1 Å². The minimum Gasteiger partial charge on any atom is -0.452 e. The minimum atomic E-state index is -4.65. The third-order valence-corrected chi connectivity index (χ3v) is 4.23. The largest absolute Gasteiger partial charge is 0.452 e. The first-order valence-electron chi connectivity index (χ1n) is 5.49. The van der Waals surface area contributed by atoms with Crippen molar-refractivity contribution in [3.63, 3.8) is 0 Å². The van der Waals surface area contributed by atoms with E-state index in [-0.39, 0.29) is 16.5 Å². The summed E-state index contributed by atoms with van der Waals surface area (Å²) in [5.41, 5.74) is 0.325. The molecule has 112 valence electrons. The topological polar surface area (TPSA) is 76.4 Å². The smallest absolute Gasteiger partial charge is 0.341 e. The van der Waals surface area contributed by atoms with Crippen molar-refractivity contribution in [1.82, 2.24) is 0 Å². The second kappa shape index (κ2) is 5.82. The lowest BCUT2D eigenvalue weighted by Gasteiger charge is -2.06. The van der Waals surface area contributed by atoms with Crippen LogP contribution in [0.5, 0.6) is 0 Å². The fourth-order valence-corrected chi connectivity index (χ4v) is 2.41. The average molecular weight is 336 g/mol. The fourth-order valence-electron chi connectivity index (χ4n) is 1.48. The predicted molar refractivity (Wildman–Crippen MR) is 71.3 cm³/mol. The van der Waals surface area contributed by atoms with Crippen LogP contribution in [-0.4, -0.2) is 20.1 Å². The van der Waals surface area contributed by atoms with E-state index in [9.17, 15) is 22.0 Å². The summed E-state index contributed by atoms with van der Waals surface area (Å²) in [5.74, 6) is -4.07. The van der Waals surface area contributed by atoms with Crippen LogP contribution in [0.15, 0.2) is 45.9 Å². The van der Waals surface area contributed by atoms with E-state index in [4.69, 9.17) is 16.0 Å². The molecule has 1 aromatic heterocycles. The molecule has 0 saturated carbocycles. The molecule has 2 rings (SSSR count). The summed E-state index contributed by atoms with van der Waals surface area (Å²) in [6.45, 7) is 0. The van der Waals surface area contributed by atoms with Crippen molar-refractivity contribution in [2.45, 2.75) is 10.7 Å². The van der Waals surface area contributed by atoms with E-state index in [0.29, 0.717) is 0 Å². The quantitative estimate of drug-likeness (QED) is 0.931. The monoisotopic (exact) mass is 335 g/mol. The maximum absolute atomic E-state index is 12.4. The highest BCUT2D eigenvalue weighted by Crippen LogP contribution is 2.22. The first-order valence-corrected chi connectivity index (χ1v) is 7.41. The van der Waals surface area contributed by atoms with Gasteiger partial charge >= 0.3 is 5.76 Å². The molecule has 0 saturated heterocycles. The lowest BCUT2D eigenvalue weighted by atomic mass is 10.3. The Hall–Kier alpha value is -1.93. The van der Waals surface area contributed by atoms with Gasteiger partial charge in [0.1, 0.15) is 0 Å². The van der Waals surface area contributed by atoms with Crippen LogP contribution in [0.3, 0.4) is 0 Å². The molecule has 2 aromatic rings. The normalized spacial score (nSPS) is 11.6. The molecule has 0 bridgehead atoms. The molecule has 0 aliphatic carbocycles. The van der Waals surface area contributed by atoms with Gasteiger partial charge in [-0.25, -0.2) is 8.42 Å². The summed E-state index contributed by atoms with van der Waals surface area (Å²) < 4.78 is 51.9. The highest BCUT2D eigenvalue weighted by Gasteiger charge is 2.26. The summed E-state index contributed by atoms with van der Waals surface area (Å²) in [7, 11) is -4.65. The van der Waals surface area contributed by atoms with E-state index in [0.717, 1.165) is 12.1 Å². The third kappa shape index (κ3) is 3.22. The van der Waals surface area contributed by atoms with Gasteiger partial charge < -0.3 is 9.73 Å². The first kappa shape index (κ1) is 15.5. The van der Waals surface area contributed by atoms with Gasteiger partial charge in [0, 0.05) is 5.69 Å². The van der Waals surface area contributed by atoms with E-state index in [1.165, 1.54) is 24.5 Å². The Morgan fingerprint density at radius 3 is 2.29 bits per heavy atom. The Kier molecular flexibility index (Phi) is 4.29. The van der Waals surface area contributed by atoms with Gasteiger partial charge in [-0.1, -0.05) is 0 Å². The number of amides is 1. The molecule has 5 nitrogen and oxygen atoms in total. The predicted octanol–water partition coefficient (Wildman–Crippen LogP) is 3.18. The van der Waals surface area contributed by atoms with E-state index in [1.54, 1.807) is 0 Å². The number of furan rings is 1. The van der Waals surface area contributed by atoms with Crippen molar-refractivity contribution in [2.75, 3.05) is 5.32 Å².